The van der Waals surface area contributed by atoms with Crippen molar-refractivity contribution in [1.29, 1.82) is 0 Å². The van der Waals surface area contributed by atoms with Gasteiger partial charge in [-0.05, 0) is 48.2 Å². The number of nitrogens with zero attached hydrogens (tertiary/aromatic N) is 2. The second-order valence-corrected chi connectivity index (χ2v) is 6.79. The smallest absolute Gasteiger partial charge is 0.0738 e. The molecule has 1 heterocycles. The van der Waals surface area contributed by atoms with Gasteiger partial charge in [0.2, 0.25) is 0 Å². The van der Waals surface area contributed by atoms with Crippen LogP contribution in [0.3, 0.4) is 0 Å². The fourth-order valence-electron chi connectivity index (χ4n) is 3.25. The highest BCUT2D eigenvalue weighted by Gasteiger charge is 2.49. The molecule has 0 aliphatic heterocycles. The van der Waals surface area contributed by atoms with Crippen molar-refractivity contribution in [1.82, 2.24) is 9.78 Å². The van der Waals surface area contributed by atoms with E-state index in [1.165, 1.54) is 24.1 Å². The molecule has 0 amide bonds. The van der Waals surface area contributed by atoms with E-state index in [1.54, 1.807) is 0 Å². The third kappa shape index (κ3) is 2.55. The molecule has 1 aliphatic carbocycles. The lowest BCUT2D eigenvalue weighted by atomic mass is 9.86. The fourth-order valence-corrected chi connectivity index (χ4v) is 3.69. The minimum absolute atomic E-state index is 0.137. The largest absolute Gasteiger partial charge is 0.327 e. The van der Waals surface area contributed by atoms with Crippen LogP contribution in [0.15, 0.2) is 34.8 Å². The van der Waals surface area contributed by atoms with Crippen molar-refractivity contribution in [3.8, 4) is 0 Å². The van der Waals surface area contributed by atoms with Crippen molar-refractivity contribution >= 4 is 15.9 Å². The Hall–Kier alpha value is -1.13. The summed E-state index contributed by atoms with van der Waals surface area (Å²) in [5.74, 6) is 0. The van der Waals surface area contributed by atoms with Crippen LogP contribution in [0.2, 0.25) is 0 Å². The number of nitrogens with two attached hydrogens (primary N) is 1. The van der Waals surface area contributed by atoms with Gasteiger partial charge in [-0.3, -0.25) is 4.68 Å². The fraction of sp³-hybridized carbons (Fsp3) is 0.471. The van der Waals surface area contributed by atoms with Gasteiger partial charge in [0, 0.05) is 24.4 Å². The van der Waals surface area contributed by atoms with Crippen molar-refractivity contribution < 1.29 is 0 Å². The first-order valence-electron chi connectivity index (χ1n) is 7.61. The van der Waals surface area contributed by atoms with Crippen LogP contribution in [0.5, 0.6) is 0 Å². The highest BCUT2D eigenvalue weighted by atomic mass is 79.9. The monoisotopic (exact) mass is 347 g/mol. The topological polar surface area (TPSA) is 43.8 Å². The van der Waals surface area contributed by atoms with E-state index in [0.29, 0.717) is 0 Å². The molecule has 0 saturated heterocycles. The summed E-state index contributed by atoms with van der Waals surface area (Å²) in [7, 11) is 0. The number of hydrogen-bond acceptors (Lipinski definition) is 2. The molecular formula is C17H22BrN3. The molecular weight excluding hydrogens is 326 g/mol. The maximum Gasteiger partial charge on any atom is 0.0738 e. The average molecular weight is 348 g/mol. The van der Waals surface area contributed by atoms with Crippen LogP contribution in [0, 0.1) is 6.92 Å². The molecule has 4 heteroatoms. The van der Waals surface area contributed by atoms with Crippen LogP contribution in [0.1, 0.15) is 36.7 Å². The van der Waals surface area contributed by atoms with Crippen molar-refractivity contribution in [2.45, 2.75) is 51.1 Å². The second-order valence-electron chi connectivity index (χ2n) is 5.99. The Morgan fingerprint density at radius 3 is 2.57 bits per heavy atom. The van der Waals surface area contributed by atoms with E-state index >= 15 is 0 Å². The van der Waals surface area contributed by atoms with E-state index in [0.717, 1.165) is 23.1 Å². The van der Waals surface area contributed by atoms with Crippen molar-refractivity contribution in [3.05, 3.63) is 51.8 Å². The number of halogens is 1. The van der Waals surface area contributed by atoms with Crippen LogP contribution in [0.25, 0.3) is 0 Å². The number of benzene rings is 1. The summed E-state index contributed by atoms with van der Waals surface area (Å²) in [5, 5.41) is 4.57. The molecule has 3 rings (SSSR count). The number of rotatable bonds is 5. The Morgan fingerprint density at radius 1 is 1.33 bits per heavy atom. The highest BCUT2D eigenvalue weighted by molar-refractivity contribution is 9.10. The average Bonchev–Trinajstić information content (AvgIpc) is 3.27. The molecule has 3 nitrogen and oxygen atoms in total. The van der Waals surface area contributed by atoms with Gasteiger partial charge in [-0.2, -0.15) is 5.10 Å². The van der Waals surface area contributed by atoms with E-state index in [1.807, 2.05) is 6.92 Å². The van der Waals surface area contributed by atoms with Crippen LogP contribution < -0.4 is 5.73 Å². The molecule has 0 bridgehead atoms. The minimum Gasteiger partial charge on any atom is -0.327 e. The zero-order chi connectivity index (χ0) is 15.0. The molecule has 1 aromatic heterocycles. The van der Waals surface area contributed by atoms with Gasteiger partial charge >= 0.3 is 0 Å². The molecule has 1 aromatic carbocycles. The lowest BCUT2D eigenvalue weighted by Gasteiger charge is -2.24. The summed E-state index contributed by atoms with van der Waals surface area (Å²) in [6.07, 6.45) is 3.24. The highest BCUT2D eigenvalue weighted by Crippen LogP contribution is 2.51. The third-order valence-corrected chi connectivity index (χ3v) is 5.74. The minimum atomic E-state index is 0.137. The second kappa shape index (κ2) is 5.58. The normalized spacial score (nSPS) is 17.7. The molecule has 0 radical (unpaired) electrons. The standard InChI is InChI=1S/C17H22BrN3/c1-3-21-14(16(18)12(2)20-21)11-15(19)17(9-10-17)13-7-5-4-6-8-13/h4-8,15H,3,9-11,19H2,1-2H3. The van der Waals surface area contributed by atoms with Gasteiger partial charge in [0.1, 0.15) is 0 Å². The molecule has 1 atom stereocenters. The molecule has 112 valence electrons. The maximum absolute atomic E-state index is 6.62. The molecule has 2 aromatic rings. The van der Waals surface area contributed by atoms with E-state index in [9.17, 15) is 0 Å². The molecule has 0 spiro atoms. The van der Waals surface area contributed by atoms with Gasteiger partial charge in [-0.1, -0.05) is 30.3 Å². The number of aromatic nitrogens is 2. The summed E-state index contributed by atoms with van der Waals surface area (Å²) < 4.78 is 3.18. The van der Waals surface area contributed by atoms with E-state index in [-0.39, 0.29) is 11.5 Å². The Kier molecular flexibility index (Phi) is 3.93. The lowest BCUT2D eigenvalue weighted by molar-refractivity contribution is 0.489. The summed E-state index contributed by atoms with van der Waals surface area (Å²) in [5.41, 5.74) is 10.4. The first-order valence-corrected chi connectivity index (χ1v) is 8.40. The predicted molar refractivity (Wildman–Crippen MR) is 89.4 cm³/mol. The summed E-state index contributed by atoms with van der Waals surface area (Å²) in [6, 6.07) is 10.8. The summed E-state index contributed by atoms with van der Waals surface area (Å²) in [6.45, 7) is 5.04. The van der Waals surface area contributed by atoms with Crippen molar-refractivity contribution in [2.24, 2.45) is 5.73 Å². The molecule has 1 aliphatic rings. The third-order valence-electron chi connectivity index (χ3n) is 4.71. The predicted octanol–water partition coefficient (Wildman–Crippen LogP) is 3.58. The Morgan fingerprint density at radius 2 is 2.00 bits per heavy atom. The Labute approximate surface area is 134 Å². The van der Waals surface area contributed by atoms with Crippen molar-refractivity contribution in [2.75, 3.05) is 0 Å². The molecule has 21 heavy (non-hydrogen) atoms. The van der Waals surface area contributed by atoms with Gasteiger partial charge in [0.25, 0.3) is 0 Å². The quantitative estimate of drug-likeness (QED) is 0.898. The van der Waals surface area contributed by atoms with E-state index in [4.69, 9.17) is 5.73 Å². The van der Waals surface area contributed by atoms with Gasteiger partial charge in [-0.25, -0.2) is 0 Å². The van der Waals surface area contributed by atoms with Gasteiger partial charge in [0.05, 0.1) is 15.9 Å². The molecule has 2 N–H and O–H groups in total. The van der Waals surface area contributed by atoms with Crippen LogP contribution in [-0.2, 0) is 18.4 Å². The zero-order valence-corrected chi connectivity index (χ0v) is 14.2. The SMILES string of the molecule is CCn1nc(C)c(Br)c1CC(N)C1(c2ccccc2)CC1. The first-order chi connectivity index (χ1) is 10.1. The maximum atomic E-state index is 6.62. The Bertz CT molecular complexity index is 629. The van der Waals surface area contributed by atoms with Gasteiger partial charge in [-0.15, -0.1) is 0 Å². The van der Waals surface area contributed by atoms with Crippen LogP contribution in [0.4, 0.5) is 0 Å². The first kappa shape index (κ1) is 14.8. The van der Waals surface area contributed by atoms with Crippen LogP contribution >= 0.6 is 15.9 Å². The number of hydrogen-bond donors (Lipinski definition) is 1. The van der Waals surface area contributed by atoms with Crippen molar-refractivity contribution in [3.63, 3.8) is 0 Å². The van der Waals surface area contributed by atoms with Gasteiger partial charge < -0.3 is 5.73 Å². The molecule has 1 fully saturated rings. The van der Waals surface area contributed by atoms with E-state index in [2.05, 4.69) is 63.0 Å². The summed E-state index contributed by atoms with van der Waals surface area (Å²) in [4.78, 5) is 0. The number of aryl methyl sites for hydroxylation is 2. The Balaban J connectivity index is 1.86. The molecule has 1 unspecified atom stereocenters. The summed E-state index contributed by atoms with van der Waals surface area (Å²) >= 11 is 3.67. The molecule has 1 saturated carbocycles. The van der Waals surface area contributed by atoms with Gasteiger partial charge in [0.15, 0.2) is 0 Å². The van der Waals surface area contributed by atoms with E-state index < -0.39 is 0 Å². The zero-order valence-electron chi connectivity index (χ0n) is 12.6. The van der Waals surface area contributed by atoms with Crippen LogP contribution in [-0.4, -0.2) is 15.8 Å². The lowest BCUT2D eigenvalue weighted by Crippen LogP contribution is -2.37.